The second kappa shape index (κ2) is 9.07. The summed E-state index contributed by atoms with van der Waals surface area (Å²) in [4.78, 5) is 4.55. The maximum absolute atomic E-state index is 5.06. The number of ether oxygens (including phenoxy) is 2. The van der Waals surface area contributed by atoms with Gasteiger partial charge >= 0.3 is 0 Å². The van der Waals surface area contributed by atoms with E-state index in [2.05, 4.69) is 24.8 Å². The van der Waals surface area contributed by atoms with Crippen LogP contribution in [0, 0.1) is 20.8 Å². The van der Waals surface area contributed by atoms with E-state index >= 15 is 0 Å². The zero-order valence-electron chi connectivity index (χ0n) is 14.0. The Morgan fingerprint density at radius 3 is 1.82 bits per heavy atom. The van der Waals surface area contributed by atoms with E-state index in [1.807, 2.05) is 37.3 Å². The minimum atomic E-state index is 0.420. The zero-order valence-corrected chi connectivity index (χ0v) is 14.0. The molecule has 0 aromatic heterocycles. The molecule has 2 aromatic carbocycles. The van der Waals surface area contributed by atoms with E-state index < -0.39 is 0 Å². The van der Waals surface area contributed by atoms with E-state index in [-0.39, 0.29) is 0 Å². The predicted octanol–water partition coefficient (Wildman–Crippen LogP) is 3.71. The first-order chi connectivity index (χ1) is 10.5. The van der Waals surface area contributed by atoms with Gasteiger partial charge in [0.1, 0.15) is 11.5 Å². The molecule has 0 unspecified atom stereocenters. The first-order valence-electron chi connectivity index (χ1n) is 7.08. The quantitative estimate of drug-likeness (QED) is 0.875. The lowest BCUT2D eigenvalue weighted by molar-refractivity contribution is 0.123. The molecule has 0 atom stereocenters. The van der Waals surface area contributed by atoms with Crippen LogP contribution in [0.25, 0.3) is 0 Å². The second-order valence-corrected chi connectivity index (χ2v) is 5.05. The zero-order chi connectivity index (χ0) is 16.5. The lowest BCUT2D eigenvalue weighted by Gasteiger charge is -2.06. The van der Waals surface area contributed by atoms with Gasteiger partial charge in [-0.2, -0.15) is 0 Å². The van der Waals surface area contributed by atoms with Gasteiger partial charge in [0.05, 0.1) is 20.8 Å². The van der Waals surface area contributed by atoms with Crippen LogP contribution in [0.5, 0.6) is 11.5 Å². The van der Waals surface area contributed by atoms with Crippen LogP contribution in [0.2, 0.25) is 0 Å². The summed E-state index contributed by atoms with van der Waals surface area (Å²) in [5.74, 6) is 6.74. The van der Waals surface area contributed by atoms with E-state index in [1.165, 1.54) is 11.1 Å². The first kappa shape index (κ1) is 18.0. The molecule has 0 fully saturated rings. The predicted molar refractivity (Wildman–Crippen MR) is 89.2 cm³/mol. The molecule has 0 radical (unpaired) electrons. The third-order valence-electron chi connectivity index (χ3n) is 3.51. The summed E-state index contributed by atoms with van der Waals surface area (Å²) in [6.45, 7) is 6.60. The molecule has 0 saturated heterocycles. The number of hydrogen-bond donors (Lipinski definition) is 1. The van der Waals surface area contributed by atoms with Crippen molar-refractivity contribution in [1.29, 1.82) is 0 Å². The van der Waals surface area contributed by atoms with Crippen LogP contribution in [0.15, 0.2) is 36.4 Å². The minimum absolute atomic E-state index is 0.420. The normalized spacial score (nSPS) is 9.73. The fraction of sp³-hybridized carbons (Fsp3) is 0.333. The van der Waals surface area contributed by atoms with Crippen molar-refractivity contribution in [3.63, 3.8) is 0 Å². The Labute approximate surface area is 132 Å². The second-order valence-electron chi connectivity index (χ2n) is 5.05. The Morgan fingerprint density at radius 2 is 1.32 bits per heavy atom. The standard InChI is InChI=1S/C9H13NO2.C9H12O/c1-7-3-4-9(11-2)5-8(7)6-12-10;1-7-4-5-9(10-3)6-8(7)2/h3-5H,6,10H2,1-2H3;4-6H,1-3H3. The number of rotatable bonds is 4. The highest BCUT2D eigenvalue weighted by Gasteiger charge is 1.99. The Morgan fingerprint density at radius 1 is 0.773 bits per heavy atom. The maximum atomic E-state index is 5.06. The van der Waals surface area contributed by atoms with Gasteiger partial charge in [-0.25, -0.2) is 5.90 Å². The SMILES string of the molecule is COc1ccc(C)c(C)c1.COc1ccc(C)c(CON)c1. The molecule has 4 nitrogen and oxygen atoms in total. The molecule has 2 rings (SSSR count). The van der Waals surface area contributed by atoms with Gasteiger partial charge in [0.15, 0.2) is 0 Å². The summed E-state index contributed by atoms with van der Waals surface area (Å²) in [7, 11) is 3.32. The molecule has 0 bridgehead atoms. The monoisotopic (exact) mass is 303 g/mol. The molecular weight excluding hydrogens is 278 g/mol. The molecule has 2 aromatic rings. The van der Waals surface area contributed by atoms with Gasteiger partial charge in [0.25, 0.3) is 0 Å². The fourth-order valence-corrected chi connectivity index (χ4v) is 1.86. The van der Waals surface area contributed by atoms with Crippen molar-refractivity contribution in [3.8, 4) is 11.5 Å². The molecule has 2 N–H and O–H groups in total. The Bertz CT molecular complexity index is 597. The highest BCUT2D eigenvalue weighted by molar-refractivity contribution is 5.34. The van der Waals surface area contributed by atoms with Crippen molar-refractivity contribution in [2.45, 2.75) is 27.4 Å². The minimum Gasteiger partial charge on any atom is -0.497 e. The lowest BCUT2D eigenvalue weighted by Crippen LogP contribution is -2.00. The molecule has 0 aliphatic rings. The van der Waals surface area contributed by atoms with Crippen molar-refractivity contribution in [1.82, 2.24) is 0 Å². The molecule has 0 aliphatic carbocycles. The molecule has 4 heteroatoms. The molecule has 120 valence electrons. The van der Waals surface area contributed by atoms with E-state index in [1.54, 1.807) is 14.2 Å². The average Bonchev–Trinajstić information content (AvgIpc) is 2.53. The third kappa shape index (κ3) is 5.39. The van der Waals surface area contributed by atoms with Crippen molar-refractivity contribution < 1.29 is 14.3 Å². The number of benzene rings is 2. The van der Waals surface area contributed by atoms with Gasteiger partial charge in [-0.3, -0.25) is 4.84 Å². The molecule has 0 amide bonds. The van der Waals surface area contributed by atoms with Crippen molar-refractivity contribution >= 4 is 0 Å². The summed E-state index contributed by atoms with van der Waals surface area (Å²) < 4.78 is 10.1. The topological polar surface area (TPSA) is 53.7 Å². The van der Waals surface area contributed by atoms with Gasteiger partial charge in [-0.1, -0.05) is 12.1 Å². The van der Waals surface area contributed by atoms with Crippen molar-refractivity contribution in [3.05, 3.63) is 58.7 Å². The summed E-state index contributed by atoms with van der Waals surface area (Å²) >= 11 is 0. The Kier molecular flexibility index (Phi) is 7.43. The highest BCUT2D eigenvalue weighted by atomic mass is 16.6. The van der Waals surface area contributed by atoms with Gasteiger partial charge in [0.2, 0.25) is 0 Å². The van der Waals surface area contributed by atoms with Crippen molar-refractivity contribution in [2.24, 2.45) is 5.90 Å². The van der Waals surface area contributed by atoms with Crippen LogP contribution < -0.4 is 15.4 Å². The summed E-state index contributed by atoms with van der Waals surface area (Å²) in [5.41, 5.74) is 4.79. The molecular formula is C18H25NO3. The molecule has 0 heterocycles. The molecule has 22 heavy (non-hydrogen) atoms. The number of methoxy groups -OCH3 is 2. The molecule has 0 saturated carbocycles. The van der Waals surface area contributed by atoms with Crippen LogP contribution in [0.4, 0.5) is 0 Å². The first-order valence-corrected chi connectivity index (χ1v) is 7.08. The van der Waals surface area contributed by atoms with Crippen LogP contribution in [-0.4, -0.2) is 14.2 Å². The van der Waals surface area contributed by atoms with E-state index in [0.29, 0.717) is 6.61 Å². The summed E-state index contributed by atoms with van der Waals surface area (Å²) in [6.07, 6.45) is 0. The highest BCUT2D eigenvalue weighted by Crippen LogP contribution is 2.17. The smallest absolute Gasteiger partial charge is 0.119 e. The number of hydrogen-bond acceptors (Lipinski definition) is 4. The largest absolute Gasteiger partial charge is 0.497 e. The maximum Gasteiger partial charge on any atom is 0.119 e. The average molecular weight is 303 g/mol. The van der Waals surface area contributed by atoms with Crippen LogP contribution >= 0.6 is 0 Å². The Balaban J connectivity index is 0.000000224. The van der Waals surface area contributed by atoms with Crippen LogP contribution in [0.1, 0.15) is 22.3 Å². The lowest BCUT2D eigenvalue weighted by atomic mass is 10.1. The van der Waals surface area contributed by atoms with Gasteiger partial charge in [-0.15, -0.1) is 0 Å². The van der Waals surface area contributed by atoms with Crippen LogP contribution in [-0.2, 0) is 11.4 Å². The van der Waals surface area contributed by atoms with Gasteiger partial charge in [-0.05, 0) is 67.3 Å². The van der Waals surface area contributed by atoms with Gasteiger partial charge in [0, 0.05) is 0 Å². The van der Waals surface area contributed by atoms with E-state index in [9.17, 15) is 0 Å². The number of nitrogens with two attached hydrogens (primary N) is 1. The molecule has 0 spiro atoms. The van der Waals surface area contributed by atoms with Crippen molar-refractivity contribution in [2.75, 3.05) is 14.2 Å². The third-order valence-corrected chi connectivity index (χ3v) is 3.51. The summed E-state index contributed by atoms with van der Waals surface area (Å²) in [6, 6.07) is 11.9. The van der Waals surface area contributed by atoms with Crippen LogP contribution in [0.3, 0.4) is 0 Å². The fourth-order valence-electron chi connectivity index (χ4n) is 1.86. The molecule has 0 aliphatic heterocycles. The van der Waals surface area contributed by atoms with E-state index in [4.69, 9.17) is 15.4 Å². The Hall–Kier alpha value is -2.04. The van der Waals surface area contributed by atoms with E-state index in [0.717, 1.165) is 22.6 Å². The van der Waals surface area contributed by atoms with Gasteiger partial charge < -0.3 is 9.47 Å². The summed E-state index contributed by atoms with van der Waals surface area (Å²) in [5, 5.41) is 0. The number of aryl methyl sites for hydroxylation is 3.